The van der Waals surface area contributed by atoms with Crippen LogP contribution in [0.3, 0.4) is 0 Å². The van der Waals surface area contributed by atoms with Gasteiger partial charge in [0.1, 0.15) is 23.0 Å². The second-order valence-corrected chi connectivity index (χ2v) is 9.48. The highest BCUT2D eigenvalue weighted by atomic mass is 19.4. The molecule has 2 aliphatic rings. The lowest BCUT2D eigenvalue weighted by atomic mass is 10.1. The fourth-order valence-electron chi connectivity index (χ4n) is 4.75. The smallest absolute Gasteiger partial charge is 0.408 e. The van der Waals surface area contributed by atoms with E-state index >= 15 is 0 Å². The van der Waals surface area contributed by atoms with E-state index < -0.39 is 12.2 Å². The van der Waals surface area contributed by atoms with Crippen LogP contribution in [0.5, 0.6) is 5.75 Å². The van der Waals surface area contributed by atoms with E-state index in [-0.39, 0.29) is 18.2 Å². The van der Waals surface area contributed by atoms with Gasteiger partial charge in [0.2, 0.25) is 0 Å². The Labute approximate surface area is 199 Å². The summed E-state index contributed by atoms with van der Waals surface area (Å²) in [6, 6.07) is 10.5. The minimum atomic E-state index is -4.44. The molecule has 1 aliphatic carbocycles. The number of ether oxygens (including phenoxy) is 1. The Hall–Kier alpha value is -3.24. The van der Waals surface area contributed by atoms with Crippen molar-refractivity contribution >= 4 is 16.6 Å². The number of aromatic nitrogens is 4. The molecule has 182 valence electrons. The fourth-order valence-corrected chi connectivity index (χ4v) is 4.75. The number of pyridine rings is 2. The molecule has 0 radical (unpaired) electrons. The molecule has 6 rings (SSSR count). The molecule has 4 aromatic rings. The summed E-state index contributed by atoms with van der Waals surface area (Å²) in [7, 11) is 0. The normalized spacial score (nSPS) is 20.1. The molecule has 7 nitrogen and oxygen atoms in total. The van der Waals surface area contributed by atoms with Crippen LogP contribution < -0.4 is 10.5 Å². The van der Waals surface area contributed by atoms with Gasteiger partial charge >= 0.3 is 6.18 Å². The number of nitrogens with two attached hydrogens (primary N) is 1. The van der Waals surface area contributed by atoms with Gasteiger partial charge < -0.3 is 10.5 Å². The second-order valence-electron chi connectivity index (χ2n) is 9.48. The van der Waals surface area contributed by atoms with Crippen LogP contribution in [0.15, 0.2) is 48.7 Å². The highest BCUT2D eigenvalue weighted by molar-refractivity contribution is 5.86. The quantitative estimate of drug-likeness (QED) is 0.440. The minimum Gasteiger partial charge on any atom is -0.491 e. The molecule has 1 unspecified atom stereocenters. The van der Waals surface area contributed by atoms with Crippen LogP contribution >= 0.6 is 0 Å². The van der Waals surface area contributed by atoms with Gasteiger partial charge in [-0.3, -0.25) is 9.30 Å². The third-order valence-electron chi connectivity index (χ3n) is 6.76. The standard InChI is InChI=1S/C25H25F3N6O/c26-25(27,28)23(33-11-10-18(29)13-33)17-7-9-21-31-32-24(34(21)12-17)19-8-6-16-2-1-3-20(22(16)30-19)35-14-15-4-5-15/h1-3,6-9,12,15,18,23H,4-5,10-11,13-14,29H2/t18?,23-/m1/s1. The molecule has 1 saturated carbocycles. The molecule has 0 spiro atoms. The molecular weight excluding hydrogens is 457 g/mol. The van der Waals surface area contributed by atoms with Crippen molar-refractivity contribution in [3.63, 3.8) is 0 Å². The first-order valence-corrected chi connectivity index (χ1v) is 11.8. The highest BCUT2D eigenvalue weighted by Gasteiger charge is 2.46. The maximum Gasteiger partial charge on any atom is 0.408 e. The average Bonchev–Trinajstić information content (AvgIpc) is 3.42. The van der Waals surface area contributed by atoms with Gasteiger partial charge in [0.25, 0.3) is 0 Å². The number of fused-ring (bicyclic) bond motifs is 2. The van der Waals surface area contributed by atoms with E-state index in [1.54, 1.807) is 16.5 Å². The number of benzene rings is 1. The molecule has 35 heavy (non-hydrogen) atoms. The third-order valence-corrected chi connectivity index (χ3v) is 6.76. The summed E-state index contributed by atoms with van der Waals surface area (Å²) < 4.78 is 50.0. The van der Waals surface area contributed by atoms with Crippen molar-refractivity contribution in [1.29, 1.82) is 0 Å². The first kappa shape index (κ1) is 22.2. The van der Waals surface area contributed by atoms with Gasteiger partial charge in [-0.05, 0) is 48.9 Å². The number of likely N-dealkylation sites (tertiary alicyclic amines) is 1. The monoisotopic (exact) mass is 482 g/mol. The molecule has 4 heterocycles. The summed E-state index contributed by atoms with van der Waals surface area (Å²) in [6.45, 7) is 1.16. The molecule has 1 aliphatic heterocycles. The van der Waals surface area contributed by atoms with E-state index in [0.29, 0.717) is 53.9 Å². The molecule has 10 heteroatoms. The van der Waals surface area contributed by atoms with Crippen molar-refractivity contribution in [1.82, 2.24) is 24.5 Å². The number of para-hydroxylation sites is 1. The van der Waals surface area contributed by atoms with Gasteiger partial charge in [0, 0.05) is 30.7 Å². The number of hydrogen-bond acceptors (Lipinski definition) is 6. The van der Waals surface area contributed by atoms with Gasteiger partial charge in [-0.15, -0.1) is 10.2 Å². The summed E-state index contributed by atoms with van der Waals surface area (Å²) in [6.07, 6.45) is -0.0760. The number of alkyl halides is 3. The zero-order valence-electron chi connectivity index (χ0n) is 18.9. The zero-order chi connectivity index (χ0) is 24.2. The van der Waals surface area contributed by atoms with Gasteiger partial charge in [0.05, 0.1) is 6.61 Å². The van der Waals surface area contributed by atoms with Crippen LogP contribution in [0, 0.1) is 5.92 Å². The lowest BCUT2D eigenvalue weighted by molar-refractivity contribution is -0.183. The molecule has 0 bridgehead atoms. The molecular formula is C25H25F3N6O. The van der Waals surface area contributed by atoms with E-state index in [9.17, 15) is 13.2 Å². The Morgan fingerprint density at radius 2 is 1.91 bits per heavy atom. The average molecular weight is 483 g/mol. The fraction of sp³-hybridized carbons (Fsp3) is 0.400. The molecule has 1 aromatic carbocycles. The van der Waals surface area contributed by atoms with Gasteiger partial charge in [-0.25, -0.2) is 4.98 Å². The van der Waals surface area contributed by atoms with Crippen LogP contribution in [-0.4, -0.2) is 56.4 Å². The van der Waals surface area contributed by atoms with Crippen LogP contribution in [0.2, 0.25) is 0 Å². The van der Waals surface area contributed by atoms with Crippen LogP contribution in [0.25, 0.3) is 28.1 Å². The first-order chi connectivity index (χ1) is 16.9. The summed E-state index contributed by atoms with van der Waals surface area (Å²) in [5.74, 6) is 1.66. The van der Waals surface area contributed by atoms with Crippen molar-refractivity contribution < 1.29 is 17.9 Å². The molecule has 1 saturated heterocycles. The number of nitrogens with zero attached hydrogens (tertiary/aromatic N) is 5. The van der Waals surface area contributed by atoms with E-state index in [2.05, 4.69) is 10.2 Å². The summed E-state index contributed by atoms with van der Waals surface area (Å²) in [4.78, 5) is 6.18. The van der Waals surface area contributed by atoms with Crippen LogP contribution in [-0.2, 0) is 0 Å². The van der Waals surface area contributed by atoms with E-state index in [0.717, 1.165) is 5.39 Å². The Bertz CT molecular complexity index is 1380. The number of halogens is 3. The van der Waals surface area contributed by atoms with Crippen molar-refractivity contribution in [2.45, 2.75) is 37.5 Å². The molecule has 2 fully saturated rings. The lowest BCUT2D eigenvalue weighted by Crippen LogP contribution is -2.38. The highest BCUT2D eigenvalue weighted by Crippen LogP contribution is 2.39. The van der Waals surface area contributed by atoms with Gasteiger partial charge in [-0.1, -0.05) is 24.3 Å². The predicted octanol–water partition coefficient (Wildman–Crippen LogP) is 4.37. The Kier molecular flexibility index (Phi) is 5.37. The van der Waals surface area contributed by atoms with Crippen molar-refractivity contribution in [3.05, 3.63) is 54.2 Å². The van der Waals surface area contributed by atoms with Crippen molar-refractivity contribution in [3.8, 4) is 17.3 Å². The molecule has 0 amide bonds. The SMILES string of the molecule is NC1CCN([C@H](c2ccc3nnc(-c4ccc5cccc(OCC6CC6)c5n4)n3c2)C(F)(F)F)C1. The lowest BCUT2D eigenvalue weighted by Gasteiger charge is -2.30. The molecule has 3 aromatic heterocycles. The molecule has 2 atom stereocenters. The van der Waals surface area contributed by atoms with Crippen LogP contribution in [0.4, 0.5) is 13.2 Å². The third kappa shape index (κ3) is 4.32. The topological polar surface area (TPSA) is 81.6 Å². The zero-order valence-corrected chi connectivity index (χ0v) is 18.9. The summed E-state index contributed by atoms with van der Waals surface area (Å²) in [5, 5.41) is 9.33. The van der Waals surface area contributed by atoms with Crippen LogP contribution in [0.1, 0.15) is 30.9 Å². The predicted molar refractivity (Wildman–Crippen MR) is 125 cm³/mol. The van der Waals surface area contributed by atoms with Gasteiger partial charge in [-0.2, -0.15) is 13.2 Å². The van der Waals surface area contributed by atoms with E-state index in [1.807, 2.05) is 24.3 Å². The summed E-state index contributed by atoms with van der Waals surface area (Å²) >= 11 is 0. The Morgan fingerprint density at radius 1 is 1.06 bits per heavy atom. The molecule has 2 N–H and O–H groups in total. The minimum absolute atomic E-state index is 0.120. The second kappa shape index (κ2) is 8.46. The number of hydrogen-bond donors (Lipinski definition) is 1. The largest absolute Gasteiger partial charge is 0.491 e. The number of rotatable bonds is 6. The Balaban J connectivity index is 1.41. The summed E-state index contributed by atoms with van der Waals surface area (Å²) in [5.41, 5.74) is 7.67. The van der Waals surface area contributed by atoms with Crippen molar-refractivity contribution in [2.75, 3.05) is 19.7 Å². The maximum absolute atomic E-state index is 14.1. The first-order valence-electron chi connectivity index (χ1n) is 11.8. The van der Waals surface area contributed by atoms with E-state index in [1.165, 1.54) is 30.0 Å². The van der Waals surface area contributed by atoms with E-state index in [4.69, 9.17) is 15.5 Å². The maximum atomic E-state index is 14.1. The van der Waals surface area contributed by atoms with Crippen molar-refractivity contribution in [2.24, 2.45) is 11.7 Å². The van der Waals surface area contributed by atoms with Gasteiger partial charge in [0.15, 0.2) is 11.5 Å². The Morgan fingerprint density at radius 3 is 2.66 bits per heavy atom.